The fourth-order valence-corrected chi connectivity index (χ4v) is 2.44. The summed E-state index contributed by atoms with van der Waals surface area (Å²) < 4.78 is 17.7. The quantitative estimate of drug-likeness (QED) is 0.301. The maximum atomic E-state index is 11.6. The van der Waals surface area contributed by atoms with Gasteiger partial charge in [-0.25, -0.2) is 0 Å². The van der Waals surface area contributed by atoms with E-state index in [1.54, 1.807) is 5.82 Å². The van der Waals surface area contributed by atoms with Gasteiger partial charge < -0.3 is 9.01 Å². The van der Waals surface area contributed by atoms with E-state index < -0.39 is 8.03 Å². The fourth-order valence-electron chi connectivity index (χ4n) is 1.69. The summed E-state index contributed by atoms with van der Waals surface area (Å²) in [6.45, 7) is 3.70. The standard InChI is InChI=1S/C15H33NO2P/c1-5-6-7-8-9-10-11-12-15-19(17)18-14-13-16(2,3)4/h12,15,19H,5-11,13-14H2,1-4H3/q+1. The number of unbranched alkanes of at least 4 members (excludes halogenated alkanes) is 6. The van der Waals surface area contributed by atoms with Crippen LogP contribution in [0.25, 0.3) is 0 Å². The Hall–Kier alpha value is -0.110. The van der Waals surface area contributed by atoms with Crippen molar-refractivity contribution in [1.82, 2.24) is 0 Å². The van der Waals surface area contributed by atoms with Gasteiger partial charge in [0, 0.05) is 0 Å². The highest BCUT2D eigenvalue weighted by atomic mass is 31.1. The van der Waals surface area contributed by atoms with Crippen LogP contribution in [0, 0.1) is 0 Å². The molecular weight excluding hydrogens is 257 g/mol. The predicted octanol–water partition coefficient (Wildman–Crippen LogP) is 4.45. The number of hydrogen-bond acceptors (Lipinski definition) is 2. The zero-order chi connectivity index (χ0) is 14.6. The average Bonchev–Trinajstić information content (AvgIpc) is 2.31. The van der Waals surface area contributed by atoms with E-state index in [2.05, 4.69) is 28.1 Å². The van der Waals surface area contributed by atoms with E-state index in [-0.39, 0.29) is 0 Å². The maximum absolute atomic E-state index is 11.6. The Bertz CT molecular complexity index is 259. The van der Waals surface area contributed by atoms with Crippen LogP contribution in [-0.4, -0.2) is 38.8 Å². The van der Waals surface area contributed by atoms with Crippen LogP contribution in [0.1, 0.15) is 51.9 Å². The fraction of sp³-hybridized carbons (Fsp3) is 0.867. The van der Waals surface area contributed by atoms with Crippen molar-refractivity contribution < 1.29 is 13.6 Å². The van der Waals surface area contributed by atoms with Crippen LogP contribution in [0.4, 0.5) is 0 Å². The van der Waals surface area contributed by atoms with Crippen molar-refractivity contribution >= 4 is 8.03 Å². The third-order valence-electron chi connectivity index (χ3n) is 2.98. The molecular formula is C15H33NO2P+. The Labute approximate surface area is 120 Å². The molecule has 114 valence electrons. The van der Waals surface area contributed by atoms with Gasteiger partial charge in [-0.3, -0.25) is 4.57 Å². The summed E-state index contributed by atoms with van der Waals surface area (Å²) in [5.74, 6) is 1.76. The molecule has 0 aromatic rings. The normalized spacial score (nSPS) is 14.1. The van der Waals surface area contributed by atoms with Crippen molar-refractivity contribution in [2.45, 2.75) is 51.9 Å². The van der Waals surface area contributed by atoms with E-state index in [1.807, 2.05) is 6.08 Å². The highest BCUT2D eigenvalue weighted by molar-refractivity contribution is 7.42. The molecule has 0 heterocycles. The summed E-state index contributed by atoms with van der Waals surface area (Å²) in [5.41, 5.74) is 0. The Kier molecular flexibility index (Phi) is 11.6. The van der Waals surface area contributed by atoms with E-state index >= 15 is 0 Å². The summed E-state index contributed by atoms with van der Waals surface area (Å²) in [6, 6.07) is 0. The molecule has 0 amide bonds. The van der Waals surface area contributed by atoms with Crippen molar-refractivity contribution in [3.8, 4) is 0 Å². The number of allylic oxidation sites excluding steroid dienone is 1. The molecule has 0 aromatic heterocycles. The van der Waals surface area contributed by atoms with Gasteiger partial charge in [0.15, 0.2) is 0 Å². The summed E-state index contributed by atoms with van der Waals surface area (Å²) in [7, 11) is 4.37. The molecule has 4 heteroatoms. The van der Waals surface area contributed by atoms with E-state index in [0.29, 0.717) is 6.61 Å². The van der Waals surface area contributed by atoms with E-state index in [9.17, 15) is 4.57 Å². The molecule has 0 aliphatic carbocycles. The summed E-state index contributed by atoms with van der Waals surface area (Å²) in [6.07, 6.45) is 10.9. The van der Waals surface area contributed by atoms with E-state index in [4.69, 9.17) is 4.52 Å². The van der Waals surface area contributed by atoms with Crippen molar-refractivity contribution in [2.75, 3.05) is 34.3 Å². The minimum atomic E-state index is -1.95. The van der Waals surface area contributed by atoms with Crippen molar-refractivity contribution in [3.63, 3.8) is 0 Å². The molecule has 19 heavy (non-hydrogen) atoms. The summed E-state index contributed by atoms with van der Waals surface area (Å²) in [5, 5.41) is 0. The van der Waals surface area contributed by atoms with E-state index in [0.717, 1.165) is 17.4 Å². The topological polar surface area (TPSA) is 26.3 Å². The predicted molar refractivity (Wildman–Crippen MR) is 85.0 cm³/mol. The number of quaternary nitrogens is 1. The highest BCUT2D eigenvalue weighted by Crippen LogP contribution is 2.24. The van der Waals surface area contributed by atoms with Crippen molar-refractivity contribution in [1.29, 1.82) is 0 Å². The lowest BCUT2D eigenvalue weighted by Gasteiger charge is -2.23. The van der Waals surface area contributed by atoms with Crippen LogP contribution >= 0.6 is 8.03 Å². The largest absolute Gasteiger partial charge is 0.329 e. The van der Waals surface area contributed by atoms with Crippen LogP contribution in [0.5, 0.6) is 0 Å². The third kappa shape index (κ3) is 15.8. The van der Waals surface area contributed by atoms with Gasteiger partial charge in [-0.05, 0) is 18.7 Å². The number of rotatable bonds is 12. The number of nitrogens with zero attached hydrogens (tertiary/aromatic N) is 1. The lowest BCUT2D eigenvalue weighted by Crippen LogP contribution is -2.37. The lowest BCUT2D eigenvalue weighted by atomic mass is 10.1. The molecule has 0 spiro atoms. The molecule has 0 aliphatic rings. The zero-order valence-electron chi connectivity index (χ0n) is 13.3. The first-order valence-electron chi connectivity index (χ1n) is 7.59. The minimum Gasteiger partial charge on any atom is -0.329 e. The second-order valence-electron chi connectivity index (χ2n) is 6.14. The molecule has 3 nitrogen and oxygen atoms in total. The number of hydrogen-bond donors (Lipinski definition) is 0. The molecule has 0 bridgehead atoms. The second kappa shape index (κ2) is 11.7. The summed E-state index contributed by atoms with van der Waals surface area (Å²) >= 11 is 0. The van der Waals surface area contributed by atoms with Crippen LogP contribution in [0.3, 0.4) is 0 Å². The molecule has 0 fully saturated rings. The third-order valence-corrected chi connectivity index (χ3v) is 3.98. The second-order valence-corrected chi connectivity index (χ2v) is 7.40. The first-order valence-corrected chi connectivity index (χ1v) is 8.99. The van der Waals surface area contributed by atoms with Crippen LogP contribution in [0.15, 0.2) is 11.9 Å². The first kappa shape index (κ1) is 18.9. The average molecular weight is 290 g/mol. The van der Waals surface area contributed by atoms with Gasteiger partial charge in [0.2, 0.25) is 8.03 Å². The van der Waals surface area contributed by atoms with Gasteiger partial charge >= 0.3 is 0 Å². The Morgan fingerprint density at radius 2 is 1.68 bits per heavy atom. The molecule has 0 saturated carbocycles. The van der Waals surface area contributed by atoms with Crippen LogP contribution < -0.4 is 0 Å². The van der Waals surface area contributed by atoms with Gasteiger partial charge in [0.1, 0.15) is 13.2 Å². The van der Waals surface area contributed by atoms with Gasteiger partial charge in [0.25, 0.3) is 0 Å². The molecule has 1 atom stereocenters. The Morgan fingerprint density at radius 1 is 1.05 bits per heavy atom. The molecule has 1 unspecified atom stereocenters. The first-order chi connectivity index (χ1) is 8.95. The van der Waals surface area contributed by atoms with Crippen molar-refractivity contribution in [3.05, 3.63) is 11.9 Å². The molecule has 0 saturated heterocycles. The highest BCUT2D eigenvalue weighted by Gasteiger charge is 2.06. The Balaban J connectivity index is 3.42. The van der Waals surface area contributed by atoms with Gasteiger partial charge in [-0.1, -0.05) is 45.1 Å². The van der Waals surface area contributed by atoms with Crippen LogP contribution in [0.2, 0.25) is 0 Å². The van der Waals surface area contributed by atoms with Crippen molar-refractivity contribution in [2.24, 2.45) is 0 Å². The van der Waals surface area contributed by atoms with Gasteiger partial charge in [-0.2, -0.15) is 0 Å². The molecule has 0 aromatic carbocycles. The zero-order valence-corrected chi connectivity index (χ0v) is 14.3. The molecule has 0 aliphatic heterocycles. The van der Waals surface area contributed by atoms with Crippen LogP contribution in [-0.2, 0) is 9.09 Å². The lowest BCUT2D eigenvalue weighted by molar-refractivity contribution is -0.870. The van der Waals surface area contributed by atoms with E-state index in [1.165, 1.54) is 38.5 Å². The monoisotopic (exact) mass is 290 g/mol. The minimum absolute atomic E-state index is 0.572. The molecule has 0 radical (unpaired) electrons. The molecule has 0 N–H and O–H groups in total. The smallest absolute Gasteiger partial charge is 0.213 e. The van der Waals surface area contributed by atoms with Gasteiger partial charge in [0.05, 0.1) is 21.1 Å². The maximum Gasteiger partial charge on any atom is 0.213 e. The summed E-state index contributed by atoms with van der Waals surface area (Å²) in [4.78, 5) is 0. The number of likely N-dealkylation sites (N-methyl/N-ethyl adjacent to an activating group) is 1. The Morgan fingerprint density at radius 3 is 2.32 bits per heavy atom. The van der Waals surface area contributed by atoms with Gasteiger partial charge in [-0.15, -0.1) is 0 Å². The SMILES string of the molecule is CCCCCCCCC=C[PH](=O)OCC[N+](C)(C)C. The molecule has 0 rings (SSSR count).